The van der Waals surface area contributed by atoms with Gasteiger partial charge in [-0.15, -0.1) is 0 Å². The Hall–Kier alpha value is -1.33. The summed E-state index contributed by atoms with van der Waals surface area (Å²) in [5.74, 6) is 0.880. The molecule has 0 aromatic carbocycles. The van der Waals surface area contributed by atoms with Crippen LogP contribution in [-0.2, 0) is 16.0 Å². The van der Waals surface area contributed by atoms with Crippen molar-refractivity contribution >= 4 is 5.91 Å². The minimum Gasteiger partial charge on any atom is -0.469 e. The van der Waals surface area contributed by atoms with Crippen molar-refractivity contribution in [1.29, 1.82) is 0 Å². The molecule has 1 aromatic rings. The van der Waals surface area contributed by atoms with E-state index in [0.29, 0.717) is 12.8 Å². The fourth-order valence-corrected chi connectivity index (χ4v) is 2.02. The van der Waals surface area contributed by atoms with Crippen LogP contribution in [0.4, 0.5) is 0 Å². The Balaban J connectivity index is 1.73. The molecule has 0 radical (unpaired) electrons. The first-order chi connectivity index (χ1) is 8.29. The molecule has 0 aliphatic carbocycles. The maximum Gasteiger partial charge on any atom is 0.220 e. The third-order valence-corrected chi connectivity index (χ3v) is 2.99. The molecular formula is C12H18N2O3. The number of amides is 1. The summed E-state index contributed by atoms with van der Waals surface area (Å²) in [5.41, 5.74) is 0. The van der Waals surface area contributed by atoms with Crippen molar-refractivity contribution in [1.82, 2.24) is 10.6 Å². The molecule has 1 amide bonds. The number of nitrogens with one attached hydrogen (secondary N) is 2. The largest absolute Gasteiger partial charge is 0.469 e. The van der Waals surface area contributed by atoms with Crippen LogP contribution in [0, 0.1) is 0 Å². The smallest absolute Gasteiger partial charge is 0.220 e. The topological polar surface area (TPSA) is 63.5 Å². The van der Waals surface area contributed by atoms with E-state index in [-0.39, 0.29) is 18.1 Å². The number of hydrogen-bond acceptors (Lipinski definition) is 4. The summed E-state index contributed by atoms with van der Waals surface area (Å²) in [4.78, 5) is 11.7. The Labute approximate surface area is 101 Å². The molecule has 0 bridgehead atoms. The van der Waals surface area contributed by atoms with Gasteiger partial charge in [-0.1, -0.05) is 0 Å². The summed E-state index contributed by atoms with van der Waals surface area (Å²) in [5, 5.41) is 6.16. The van der Waals surface area contributed by atoms with Crippen LogP contribution < -0.4 is 10.6 Å². The molecule has 17 heavy (non-hydrogen) atoms. The number of ether oxygens (including phenoxy) is 1. The van der Waals surface area contributed by atoms with Crippen molar-refractivity contribution < 1.29 is 13.9 Å². The molecule has 2 N–H and O–H groups in total. The first-order valence-electron chi connectivity index (χ1n) is 5.85. The average molecular weight is 238 g/mol. The lowest BCUT2D eigenvalue weighted by atomic mass is 10.2. The Bertz CT molecular complexity index is 351. The van der Waals surface area contributed by atoms with E-state index in [1.54, 1.807) is 13.4 Å². The van der Waals surface area contributed by atoms with Gasteiger partial charge >= 0.3 is 0 Å². The van der Waals surface area contributed by atoms with Crippen molar-refractivity contribution in [3.63, 3.8) is 0 Å². The van der Waals surface area contributed by atoms with Gasteiger partial charge in [0.15, 0.2) is 0 Å². The van der Waals surface area contributed by atoms with E-state index in [1.165, 1.54) is 0 Å². The molecule has 5 nitrogen and oxygen atoms in total. The summed E-state index contributed by atoms with van der Waals surface area (Å²) >= 11 is 0. The molecule has 1 unspecified atom stereocenters. The number of carbonyl (C=O) groups excluding carboxylic acids is 1. The fraction of sp³-hybridized carbons (Fsp3) is 0.583. The number of aryl methyl sites for hydroxylation is 1. The van der Waals surface area contributed by atoms with Gasteiger partial charge in [-0.05, 0) is 12.1 Å². The number of rotatable bonds is 5. The predicted molar refractivity (Wildman–Crippen MR) is 62.6 cm³/mol. The second kappa shape index (κ2) is 5.84. The monoisotopic (exact) mass is 238 g/mol. The van der Waals surface area contributed by atoms with Crippen LogP contribution >= 0.6 is 0 Å². The first-order valence-corrected chi connectivity index (χ1v) is 5.85. The zero-order valence-electron chi connectivity index (χ0n) is 9.94. The molecule has 1 aliphatic rings. The SMILES string of the molecule is CO[C@H]1CNCC1NC(=O)CCc1ccco1. The highest BCUT2D eigenvalue weighted by atomic mass is 16.5. The Morgan fingerprint density at radius 3 is 3.24 bits per heavy atom. The Kier molecular flexibility index (Phi) is 4.17. The lowest BCUT2D eigenvalue weighted by Crippen LogP contribution is -2.43. The second-order valence-corrected chi connectivity index (χ2v) is 4.19. The number of carbonyl (C=O) groups is 1. The van der Waals surface area contributed by atoms with Crippen LogP contribution in [0.2, 0.25) is 0 Å². The molecule has 2 rings (SSSR count). The second-order valence-electron chi connectivity index (χ2n) is 4.19. The summed E-state index contributed by atoms with van der Waals surface area (Å²) in [6.07, 6.45) is 2.77. The molecule has 1 aliphatic heterocycles. The predicted octanol–water partition coefficient (Wildman–Crippen LogP) is 0.315. The molecule has 0 spiro atoms. The van der Waals surface area contributed by atoms with Crippen LogP contribution in [0.15, 0.2) is 22.8 Å². The molecule has 0 saturated carbocycles. The third-order valence-electron chi connectivity index (χ3n) is 2.99. The zero-order chi connectivity index (χ0) is 12.1. The molecule has 2 heterocycles. The van der Waals surface area contributed by atoms with E-state index >= 15 is 0 Å². The van der Waals surface area contributed by atoms with Crippen LogP contribution in [0.1, 0.15) is 12.2 Å². The lowest BCUT2D eigenvalue weighted by molar-refractivity contribution is -0.122. The van der Waals surface area contributed by atoms with Crippen molar-refractivity contribution in [2.75, 3.05) is 20.2 Å². The van der Waals surface area contributed by atoms with E-state index in [2.05, 4.69) is 10.6 Å². The summed E-state index contributed by atoms with van der Waals surface area (Å²) < 4.78 is 10.5. The zero-order valence-corrected chi connectivity index (χ0v) is 9.94. The van der Waals surface area contributed by atoms with Crippen LogP contribution in [0.5, 0.6) is 0 Å². The van der Waals surface area contributed by atoms with E-state index < -0.39 is 0 Å². The molecule has 94 valence electrons. The van der Waals surface area contributed by atoms with Gasteiger partial charge < -0.3 is 19.8 Å². The highest BCUT2D eigenvalue weighted by Gasteiger charge is 2.27. The number of furan rings is 1. The maximum absolute atomic E-state index is 11.7. The Morgan fingerprint density at radius 1 is 1.65 bits per heavy atom. The highest BCUT2D eigenvalue weighted by molar-refractivity contribution is 5.76. The maximum atomic E-state index is 11.7. The normalized spacial score (nSPS) is 23.8. The van der Waals surface area contributed by atoms with Gasteiger partial charge in [-0.2, -0.15) is 0 Å². The third kappa shape index (κ3) is 3.31. The molecule has 1 aromatic heterocycles. The average Bonchev–Trinajstić information content (AvgIpc) is 2.97. The Morgan fingerprint density at radius 2 is 2.53 bits per heavy atom. The molecule has 1 fully saturated rings. The van der Waals surface area contributed by atoms with Crippen LogP contribution in [0.3, 0.4) is 0 Å². The number of methoxy groups -OCH3 is 1. The van der Waals surface area contributed by atoms with Gasteiger partial charge in [-0.25, -0.2) is 0 Å². The standard InChI is InChI=1S/C12H18N2O3/c1-16-11-8-13-7-10(11)14-12(15)5-4-9-3-2-6-17-9/h2-3,6,10-11,13H,4-5,7-8H2,1H3,(H,14,15)/t10?,11-/m0/s1. The molecule has 5 heteroatoms. The molecule has 2 atom stereocenters. The lowest BCUT2D eigenvalue weighted by Gasteiger charge is -2.18. The van der Waals surface area contributed by atoms with Crippen molar-refractivity contribution in [3.8, 4) is 0 Å². The summed E-state index contributed by atoms with van der Waals surface area (Å²) in [7, 11) is 1.67. The van der Waals surface area contributed by atoms with Crippen molar-refractivity contribution in [2.24, 2.45) is 0 Å². The van der Waals surface area contributed by atoms with Crippen LogP contribution in [0.25, 0.3) is 0 Å². The van der Waals surface area contributed by atoms with Crippen LogP contribution in [-0.4, -0.2) is 38.3 Å². The summed E-state index contributed by atoms with van der Waals surface area (Å²) in [6, 6.07) is 3.78. The van der Waals surface area contributed by atoms with Crippen molar-refractivity contribution in [2.45, 2.75) is 25.0 Å². The molecule has 1 saturated heterocycles. The van der Waals surface area contributed by atoms with Gasteiger partial charge in [0.1, 0.15) is 5.76 Å². The van der Waals surface area contributed by atoms with Gasteiger partial charge in [-0.3, -0.25) is 4.79 Å². The minimum absolute atomic E-state index is 0.0390. The number of hydrogen-bond donors (Lipinski definition) is 2. The highest BCUT2D eigenvalue weighted by Crippen LogP contribution is 2.06. The van der Waals surface area contributed by atoms with Gasteiger partial charge in [0.25, 0.3) is 0 Å². The van der Waals surface area contributed by atoms with E-state index in [0.717, 1.165) is 18.8 Å². The van der Waals surface area contributed by atoms with Crippen molar-refractivity contribution in [3.05, 3.63) is 24.2 Å². The minimum atomic E-state index is 0.0390. The fourth-order valence-electron chi connectivity index (χ4n) is 2.02. The van der Waals surface area contributed by atoms with Gasteiger partial charge in [0.05, 0.1) is 18.4 Å². The van der Waals surface area contributed by atoms with E-state index in [4.69, 9.17) is 9.15 Å². The van der Waals surface area contributed by atoms with Gasteiger partial charge in [0.2, 0.25) is 5.91 Å². The van der Waals surface area contributed by atoms with E-state index in [1.807, 2.05) is 12.1 Å². The first kappa shape index (κ1) is 12.1. The van der Waals surface area contributed by atoms with E-state index in [9.17, 15) is 4.79 Å². The molecular weight excluding hydrogens is 220 g/mol. The van der Waals surface area contributed by atoms with Gasteiger partial charge in [0, 0.05) is 33.0 Å². The summed E-state index contributed by atoms with van der Waals surface area (Å²) in [6.45, 7) is 1.56. The quantitative estimate of drug-likeness (QED) is 0.775.